The maximum atomic E-state index is 5.85. The second kappa shape index (κ2) is 4.06. The van der Waals surface area contributed by atoms with Gasteiger partial charge < -0.3 is 0 Å². The van der Waals surface area contributed by atoms with Crippen LogP contribution in [0.3, 0.4) is 0 Å². The lowest BCUT2D eigenvalue weighted by molar-refractivity contribution is 0.879. The number of rotatable bonds is 2. The van der Waals surface area contributed by atoms with Crippen molar-refractivity contribution < 1.29 is 0 Å². The fraction of sp³-hybridized carbons (Fsp3) is 0.500. The van der Waals surface area contributed by atoms with Gasteiger partial charge >= 0.3 is 0 Å². The van der Waals surface area contributed by atoms with Gasteiger partial charge in [-0.2, -0.15) is 0 Å². The molecule has 0 bridgehead atoms. The van der Waals surface area contributed by atoms with Crippen molar-refractivity contribution >= 4 is 23.2 Å². The lowest BCUT2D eigenvalue weighted by Crippen LogP contribution is -1.97. The summed E-state index contributed by atoms with van der Waals surface area (Å²) in [4.78, 5) is 0. The highest BCUT2D eigenvalue weighted by Gasteiger charge is 2.08. The second-order valence-electron chi connectivity index (χ2n) is 2.64. The summed E-state index contributed by atoms with van der Waals surface area (Å²) in [6.07, 6.45) is 1.93. The van der Waals surface area contributed by atoms with Crippen LogP contribution < -0.4 is 0 Å². The van der Waals surface area contributed by atoms with Gasteiger partial charge in [0.15, 0.2) is 10.3 Å². The van der Waals surface area contributed by atoms with Crippen LogP contribution in [0.5, 0.6) is 0 Å². The minimum atomic E-state index is 0.447. The van der Waals surface area contributed by atoms with Crippen LogP contribution in [0.25, 0.3) is 0 Å². The van der Waals surface area contributed by atoms with Gasteiger partial charge in [-0.15, -0.1) is 10.2 Å². The highest BCUT2D eigenvalue weighted by molar-refractivity contribution is 6.32. The standard InChI is InChI=1S/C8H10Cl2N2/c1-3-4-6-5(2)7(9)11-12-8(6)10/h3-4H2,1-2H3. The summed E-state index contributed by atoms with van der Waals surface area (Å²) in [5.41, 5.74) is 1.96. The van der Waals surface area contributed by atoms with Gasteiger partial charge in [0.05, 0.1) is 0 Å². The summed E-state index contributed by atoms with van der Waals surface area (Å²) < 4.78 is 0. The van der Waals surface area contributed by atoms with Crippen molar-refractivity contribution in [1.29, 1.82) is 0 Å². The summed E-state index contributed by atoms with van der Waals surface area (Å²) in [5, 5.41) is 8.36. The molecule has 0 radical (unpaired) electrons. The third-order valence-corrected chi connectivity index (χ3v) is 2.40. The van der Waals surface area contributed by atoms with E-state index in [-0.39, 0.29) is 0 Å². The molecule has 0 fully saturated rings. The van der Waals surface area contributed by atoms with E-state index in [0.29, 0.717) is 10.3 Å². The van der Waals surface area contributed by atoms with E-state index in [4.69, 9.17) is 23.2 Å². The zero-order valence-electron chi connectivity index (χ0n) is 7.06. The lowest BCUT2D eigenvalue weighted by Gasteiger charge is -2.05. The second-order valence-corrected chi connectivity index (χ2v) is 3.35. The summed E-state index contributed by atoms with van der Waals surface area (Å²) >= 11 is 11.6. The highest BCUT2D eigenvalue weighted by atomic mass is 35.5. The largest absolute Gasteiger partial charge is 0.155 e. The first-order valence-electron chi connectivity index (χ1n) is 3.84. The number of nitrogens with zero attached hydrogens (tertiary/aromatic N) is 2. The molecule has 1 rings (SSSR count). The minimum Gasteiger partial charge on any atom is -0.137 e. The zero-order valence-corrected chi connectivity index (χ0v) is 8.58. The van der Waals surface area contributed by atoms with E-state index in [9.17, 15) is 0 Å². The SMILES string of the molecule is CCCc1c(Cl)nnc(Cl)c1C. The van der Waals surface area contributed by atoms with Crippen LogP contribution in [-0.4, -0.2) is 10.2 Å². The minimum absolute atomic E-state index is 0.447. The molecule has 0 N–H and O–H groups in total. The van der Waals surface area contributed by atoms with Crippen molar-refractivity contribution in [3.05, 3.63) is 21.4 Å². The Morgan fingerprint density at radius 2 is 1.75 bits per heavy atom. The summed E-state index contributed by atoms with van der Waals surface area (Å²) in [7, 11) is 0. The van der Waals surface area contributed by atoms with Gasteiger partial charge in [-0.3, -0.25) is 0 Å². The Hall–Kier alpha value is -0.340. The molecule has 0 aliphatic heterocycles. The van der Waals surface area contributed by atoms with Gasteiger partial charge in [-0.25, -0.2) is 0 Å². The molecule has 0 unspecified atom stereocenters. The van der Waals surface area contributed by atoms with Gasteiger partial charge in [-0.05, 0) is 24.5 Å². The fourth-order valence-corrected chi connectivity index (χ4v) is 1.47. The van der Waals surface area contributed by atoms with Crippen LogP contribution >= 0.6 is 23.2 Å². The van der Waals surface area contributed by atoms with Crippen molar-refractivity contribution in [3.8, 4) is 0 Å². The zero-order chi connectivity index (χ0) is 9.14. The molecule has 0 saturated heterocycles. The maximum Gasteiger partial charge on any atom is 0.155 e. The first kappa shape index (κ1) is 9.75. The number of hydrogen-bond acceptors (Lipinski definition) is 2. The van der Waals surface area contributed by atoms with Crippen LogP contribution in [0.15, 0.2) is 0 Å². The smallest absolute Gasteiger partial charge is 0.137 e. The Bertz CT molecular complexity index is 287. The molecule has 0 aliphatic carbocycles. The molecule has 2 nitrogen and oxygen atoms in total. The third-order valence-electron chi connectivity index (χ3n) is 1.74. The molecule has 0 amide bonds. The van der Waals surface area contributed by atoms with Crippen LogP contribution in [0.2, 0.25) is 10.3 Å². The van der Waals surface area contributed by atoms with Crippen LogP contribution in [0, 0.1) is 6.92 Å². The first-order valence-corrected chi connectivity index (χ1v) is 4.59. The Morgan fingerprint density at radius 3 is 2.33 bits per heavy atom. The van der Waals surface area contributed by atoms with Crippen LogP contribution in [0.1, 0.15) is 24.5 Å². The van der Waals surface area contributed by atoms with E-state index >= 15 is 0 Å². The fourth-order valence-electron chi connectivity index (χ4n) is 1.04. The van der Waals surface area contributed by atoms with Gasteiger partial charge in [0.25, 0.3) is 0 Å². The third kappa shape index (κ3) is 1.87. The van der Waals surface area contributed by atoms with Crippen molar-refractivity contribution in [2.75, 3.05) is 0 Å². The normalized spacial score (nSPS) is 10.3. The molecular formula is C8H10Cl2N2. The van der Waals surface area contributed by atoms with Gasteiger partial charge in [0, 0.05) is 0 Å². The van der Waals surface area contributed by atoms with Crippen molar-refractivity contribution in [2.24, 2.45) is 0 Å². The lowest BCUT2D eigenvalue weighted by atomic mass is 10.1. The Labute approximate surface area is 81.9 Å². The molecule has 12 heavy (non-hydrogen) atoms. The van der Waals surface area contributed by atoms with Crippen molar-refractivity contribution in [1.82, 2.24) is 10.2 Å². The molecule has 1 aromatic heterocycles. The highest BCUT2D eigenvalue weighted by Crippen LogP contribution is 2.22. The number of halogens is 2. The average Bonchev–Trinajstić information content (AvgIpc) is 2.06. The molecular weight excluding hydrogens is 195 g/mol. The van der Waals surface area contributed by atoms with Gasteiger partial charge in [0.2, 0.25) is 0 Å². The van der Waals surface area contributed by atoms with Crippen molar-refractivity contribution in [2.45, 2.75) is 26.7 Å². The first-order chi connectivity index (χ1) is 5.66. The molecule has 66 valence electrons. The molecule has 1 heterocycles. The summed E-state index contributed by atoms with van der Waals surface area (Å²) in [6, 6.07) is 0. The van der Waals surface area contributed by atoms with E-state index in [2.05, 4.69) is 17.1 Å². The molecule has 1 aromatic rings. The van der Waals surface area contributed by atoms with E-state index < -0.39 is 0 Å². The van der Waals surface area contributed by atoms with Crippen LogP contribution in [0.4, 0.5) is 0 Å². The van der Waals surface area contributed by atoms with Crippen LogP contribution in [-0.2, 0) is 6.42 Å². The monoisotopic (exact) mass is 204 g/mol. The molecule has 0 spiro atoms. The molecule has 0 atom stereocenters. The van der Waals surface area contributed by atoms with E-state index in [0.717, 1.165) is 24.0 Å². The molecule has 0 saturated carbocycles. The Kier molecular flexibility index (Phi) is 3.29. The summed E-state index contributed by atoms with van der Waals surface area (Å²) in [6.45, 7) is 4.00. The van der Waals surface area contributed by atoms with E-state index in [1.165, 1.54) is 0 Å². The molecule has 4 heteroatoms. The predicted octanol–water partition coefficient (Wildman–Crippen LogP) is 3.04. The molecule has 0 aliphatic rings. The molecule has 0 aromatic carbocycles. The predicted molar refractivity (Wildman–Crippen MR) is 50.8 cm³/mol. The van der Waals surface area contributed by atoms with Gasteiger partial charge in [-0.1, -0.05) is 36.5 Å². The van der Waals surface area contributed by atoms with E-state index in [1.54, 1.807) is 0 Å². The number of hydrogen-bond donors (Lipinski definition) is 0. The Morgan fingerprint density at radius 1 is 1.17 bits per heavy atom. The summed E-state index contributed by atoms with van der Waals surface area (Å²) in [5.74, 6) is 0. The van der Waals surface area contributed by atoms with E-state index in [1.807, 2.05) is 6.92 Å². The average molecular weight is 205 g/mol. The maximum absolute atomic E-state index is 5.85. The quantitative estimate of drug-likeness (QED) is 0.741. The van der Waals surface area contributed by atoms with Crippen molar-refractivity contribution in [3.63, 3.8) is 0 Å². The van der Waals surface area contributed by atoms with Gasteiger partial charge in [0.1, 0.15) is 0 Å². The topological polar surface area (TPSA) is 25.8 Å². The Balaban J connectivity index is 3.14. The number of aromatic nitrogens is 2.